The van der Waals surface area contributed by atoms with Gasteiger partial charge in [0, 0.05) is 6.61 Å². The molecule has 0 saturated carbocycles. The summed E-state index contributed by atoms with van der Waals surface area (Å²) in [5, 5.41) is 9.35. The van der Waals surface area contributed by atoms with Crippen LogP contribution in [0.15, 0.2) is 0 Å². The average Bonchev–Trinajstić information content (AvgIpc) is 2.54. The molecule has 0 aliphatic heterocycles. The van der Waals surface area contributed by atoms with E-state index < -0.39 is 0 Å². The van der Waals surface area contributed by atoms with E-state index in [0.717, 1.165) is 19.4 Å². The van der Waals surface area contributed by atoms with E-state index in [1.807, 2.05) is 6.92 Å². The van der Waals surface area contributed by atoms with Crippen LogP contribution in [0.3, 0.4) is 0 Å². The van der Waals surface area contributed by atoms with Crippen molar-refractivity contribution in [1.82, 2.24) is 0 Å². The van der Waals surface area contributed by atoms with Crippen LogP contribution in [-0.4, -0.2) is 24.4 Å². The summed E-state index contributed by atoms with van der Waals surface area (Å²) in [6, 6.07) is 0. The first-order valence-electron chi connectivity index (χ1n) is 10.1. The van der Waals surface area contributed by atoms with E-state index in [1.165, 1.54) is 83.5 Å². The first-order valence-corrected chi connectivity index (χ1v) is 10.1. The van der Waals surface area contributed by atoms with E-state index in [-0.39, 0.29) is 6.10 Å². The first kappa shape index (κ1) is 21.9. The van der Waals surface area contributed by atoms with Gasteiger partial charge in [-0.25, -0.2) is 0 Å². The predicted octanol–water partition coefficient (Wildman–Crippen LogP) is 6.26. The molecule has 0 aliphatic rings. The SMILES string of the molecule is CCCCCCCCCCCCCCCCOC[C@@H](O)CC. The molecule has 0 bridgehead atoms. The smallest absolute Gasteiger partial charge is 0.0771 e. The van der Waals surface area contributed by atoms with Crippen molar-refractivity contribution in [1.29, 1.82) is 0 Å². The van der Waals surface area contributed by atoms with Crippen LogP contribution in [0, 0.1) is 0 Å². The summed E-state index contributed by atoms with van der Waals surface area (Å²) in [6.07, 6.45) is 20.0. The molecule has 0 radical (unpaired) electrons. The number of aliphatic hydroxyl groups excluding tert-OH is 1. The molecular formula is C20H42O2. The molecule has 0 fully saturated rings. The number of hydrogen-bond acceptors (Lipinski definition) is 2. The molecule has 0 amide bonds. The molecule has 0 aliphatic carbocycles. The summed E-state index contributed by atoms with van der Waals surface area (Å²) in [5.41, 5.74) is 0. The van der Waals surface area contributed by atoms with Crippen molar-refractivity contribution in [2.24, 2.45) is 0 Å². The highest BCUT2D eigenvalue weighted by atomic mass is 16.5. The Bertz CT molecular complexity index is 194. The van der Waals surface area contributed by atoms with Crippen LogP contribution < -0.4 is 0 Å². The van der Waals surface area contributed by atoms with Gasteiger partial charge in [-0.1, -0.05) is 97.3 Å². The van der Waals surface area contributed by atoms with E-state index in [2.05, 4.69) is 6.92 Å². The molecule has 0 spiro atoms. The van der Waals surface area contributed by atoms with Crippen LogP contribution in [0.25, 0.3) is 0 Å². The van der Waals surface area contributed by atoms with E-state index in [9.17, 15) is 5.11 Å². The highest BCUT2D eigenvalue weighted by Crippen LogP contribution is 2.12. The second kappa shape index (κ2) is 19.0. The molecule has 0 saturated heterocycles. The van der Waals surface area contributed by atoms with Crippen molar-refractivity contribution in [2.45, 2.75) is 116 Å². The zero-order valence-electron chi connectivity index (χ0n) is 15.5. The zero-order valence-corrected chi connectivity index (χ0v) is 15.5. The molecule has 0 rings (SSSR count). The third-order valence-electron chi connectivity index (χ3n) is 4.42. The number of unbranched alkanes of at least 4 members (excludes halogenated alkanes) is 13. The monoisotopic (exact) mass is 314 g/mol. The molecule has 134 valence electrons. The van der Waals surface area contributed by atoms with Gasteiger partial charge in [-0.3, -0.25) is 0 Å². The Balaban J connectivity index is 2.97. The average molecular weight is 315 g/mol. The number of hydrogen-bond donors (Lipinski definition) is 1. The first-order chi connectivity index (χ1) is 10.8. The molecule has 0 aromatic rings. The van der Waals surface area contributed by atoms with E-state index in [1.54, 1.807) is 0 Å². The third-order valence-corrected chi connectivity index (χ3v) is 4.42. The standard InChI is InChI=1S/C20H42O2/c1-3-5-6-7-8-9-10-11-12-13-14-15-16-17-18-22-19-20(21)4-2/h20-21H,3-19H2,1-2H3/t20-/m0/s1. The minimum Gasteiger partial charge on any atom is -0.391 e. The van der Waals surface area contributed by atoms with Gasteiger partial charge in [0.25, 0.3) is 0 Å². The van der Waals surface area contributed by atoms with Crippen molar-refractivity contribution >= 4 is 0 Å². The van der Waals surface area contributed by atoms with Crippen LogP contribution in [0.2, 0.25) is 0 Å². The maximum absolute atomic E-state index is 9.35. The molecule has 0 unspecified atom stereocenters. The minimum absolute atomic E-state index is 0.272. The van der Waals surface area contributed by atoms with E-state index in [0.29, 0.717) is 6.61 Å². The van der Waals surface area contributed by atoms with E-state index >= 15 is 0 Å². The van der Waals surface area contributed by atoms with Gasteiger partial charge in [-0.2, -0.15) is 0 Å². The Morgan fingerprint density at radius 3 is 1.45 bits per heavy atom. The van der Waals surface area contributed by atoms with Crippen molar-refractivity contribution in [3.63, 3.8) is 0 Å². The normalized spacial score (nSPS) is 12.7. The lowest BCUT2D eigenvalue weighted by Gasteiger charge is -2.08. The van der Waals surface area contributed by atoms with Crippen molar-refractivity contribution < 1.29 is 9.84 Å². The number of rotatable bonds is 18. The highest BCUT2D eigenvalue weighted by molar-refractivity contribution is 4.51. The van der Waals surface area contributed by atoms with Gasteiger partial charge in [-0.05, 0) is 12.8 Å². The molecule has 0 heterocycles. The van der Waals surface area contributed by atoms with Crippen LogP contribution in [0.1, 0.15) is 110 Å². The second-order valence-corrected chi connectivity index (χ2v) is 6.73. The highest BCUT2D eigenvalue weighted by Gasteiger charge is 1.99. The van der Waals surface area contributed by atoms with Gasteiger partial charge in [-0.15, -0.1) is 0 Å². The fourth-order valence-electron chi connectivity index (χ4n) is 2.74. The fraction of sp³-hybridized carbons (Fsp3) is 1.00. The van der Waals surface area contributed by atoms with Gasteiger partial charge in [0.2, 0.25) is 0 Å². The summed E-state index contributed by atoms with van der Waals surface area (Å²) in [5.74, 6) is 0. The van der Waals surface area contributed by atoms with Crippen LogP contribution >= 0.6 is 0 Å². The predicted molar refractivity (Wildman–Crippen MR) is 97.4 cm³/mol. The van der Waals surface area contributed by atoms with Crippen LogP contribution in [-0.2, 0) is 4.74 Å². The van der Waals surface area contributed by atoms with Crippen molar-refractivity contribution in [2.75, 3.05) is 13.2 Å². The maximum Gasteiger partial charge on any atom is 0.0771 e. The second-order valence-electron chi connectivity index (χ2n) is 6.73. The lowest BCUT2D eigenvalue weighted by atomic mass is 10.0. The van der Waals surface area contributed by atoms with Crippen LogP contribution in [0.4, 0.5) is 0 Å². The quantitative estimate of drug-likeness (QED) is 0.303. The van der Waals surface area contributed by atoms with Crippen molar-refractivity contribution in [3.05, 3.63) is 0 Å². The Labute approximate surface area is 140 Å². The Hall–Kier alpha value is -0.0800. The summed E-state index contributed by atoms with van der Waals surface area (Å²) in [7, 11) is 0. The molecule has 0 aromatic carbocycles. The molecule has 2 nitrogen and oxygen atoms in total. The summed E-state index contributed by atoms with van der Waals surface area (Å²) >= 11 is 0. The van der Waals surface area contributed by atoms with Crippen LogP contribution in [0.5, 0.6) is 0 Å². The summed E-state index contributed by atoms with van der Waals surface area (Å²) in [6.45, 7) is 5.59. The molecule has 2 heteroatoms. The molecule has 0 aromatic heterocycles. The third kappa shape index (κ3) is 18.0. The lowest BCUT2D eigenvalue weighted by molar-refractivity contribution is 0.0335. The van der Waals surface area contributed by atoms with Gasteiger partial charge in [0.05, 0.1) is 12.7 Å². The minimum atomic E-state index is -0.272. The zero-order chi connectivity index (χ0) is 16.3. The molecule has 1 atom stereocenters. The number of aliphatic hydroxyl groups is 1. The maximum atomic E-state index is 9.35. The van der Waals surface area contributed by atoms with Crippen molar-refractivity contribution in [3.8, 4) is 0 Å². The van der Waals surface area contributed by atoms with Gasteiger partial charge in [0.15, 0.2) is 0 Å². The summed E-state index contributed by atoms with van der Waals surface area (Å²) < 4.78 is 5.44. The summed E-state index contributed by atoms with van der Waals surface area (Å²) in [4.78, 5) is 0. The van der Waals surface area contributed by atoms with E-state index in [4.69, 9.17) is 4.74 Å². The van der Waals surface area contributed by atoms with Gasteiger partial charge in [0.1, 0.15) is 0 Å². The topological polar surface area (TPSA) is 29.5 Å². The largest absolute Gasteiger partial charge is 0.391 e. The fourth-order valence-corrected chi connectivity index (χ4v) is 2.74. The van der Waals surface area contributed by atoms with Gasteiger partial charge < -0.3 is 9.84 Å². The lowest BCUT2D eigenvalue weighted by Crippen LogP contribution is -2.14. The molecule has 1 N–H and O–H groups in total. The molecule has 22 heavy (non-hydrogen) atoms. The Morgan fingerprint density at radius 1 is 0.636 bits per heavy atom. The number of ether oxygens (including phenoxy) is 1. The van der Waals surface area contributed by atoms with Gasteiger partial charge >= 0.3 is 0 Å². The molecular weight excluding hydrogens is 272 g/mol. The Kier molecular flexibility index (Phi) is 18.9. The Morgan fingerprint density at radius 2 is 1.05 bits per heavy atom.